The number of methoxy groups -OCH3 is 1. The summed E-state index contributed by atoms with van der Waals surface area (Å²) in [6.07, 6.45) is 2.96. The van der Waals surface area contributed by atoms with Crippen LogP contribution in [0.1, 0.15) is 41.8 Å². The van der Waals surface area contributed by atoms with Crippen molar-refractivity contribution < 1.29 is 9.26 Å². The first kappa shape index (κ1) is 30.6. The minimum Gasteiger partial charge on any atom is -0.497 e. The highest BCUT2D eigenvalue weighted by atomic mass is 32.1. The smallest absolute Gasteiger partial charge is 0.439 e. The van der Waals surface area contributed by atoms with E-state index in [-0.39, 0.29) is 23.8 Å². The first-order chi connectivity index (χ1) is 22.9. The third kappa shape index (κ3) is 5.99. The van der Waals surface area contributed by atoms with Crippen molar-refractivity contribution in [2.75, 3.05) is 20.2 Å². The van der Waals surface area contributed by atoms with Gasteiger partial charge in [-0.25, -0.2) is 9.59 Å². The molecule has 240 valence electrons. The third-order valence-corrected chi connectivity index (χ3v) is 10.3. The zero-order valence-corrected chi connectivity index (χ0v) is 27.1. The molecule has 4 heterocycles. The molecule has 0 radical (unpaired) electrons. The van der Waals surface area contributed by atoms with Gasteiger partial charge in [0.05, 0.1) is 31.6 Å². The van der Waals surface area contributed by atoms with Gasteiger partial charge in [-0.15, -0.1) is 11.3 Å². The highest BCUT2D eigenvalue weighted by Crippen LogP contribution is 2.31. The molecule has 0 amide bonds. The summed E-state index contributed by atoms with van der Waals surface area (Å²) in [6, 6.07) is 25.3. The van der Waals surface area contributed by atoms with E-state index >= 15 is 0 Å². The normalized spacial score (nSPS) is 14.2. The van der Waals surface area contributed by atoms with Crippen LogP contribution in [0.3, 0.4) is 0 Å². The lowest BCUT2D eigenvalue weighted by Crippen LogP contribution is -2.43. The molecule has 0 spiro atoms. The Morgan fingerprint density at radius 2 is 1.66 bits per heavy atom. The number of aromatic nitrogens is 4. The maximum Gasteiger partial charge on any atom is 0.439 e. The molecule has 1 aliphatic rings. The third-order valence-electron chi connectivity index (χ3n) is 8.96. The highest BCUT2D eigenvalue weighted by molar-refractivity contribution is 7.18. The molecule has 11 heteroatoms. The first-order valence-corrected chi connectivity index (χ1v) is 16.6. The summed E-state index contributed by atoms with van der Waals surface area (Å²) in [5.41, 5.74) is 3.97. The Hall–Kier alpha value is -5.00. The predicted octanol–water partition coefficient (Wildman–Crippen LogP) is 5.69. The van der Waals surface area contributed by atoms with Gasteiger partial charge in [0.25, 0.3) is 5.56 Å². The topological polar surface area (TPSA) is 115 Å². The van der Waals surface area contributed by atoms with E-state index in [4.69, 9.17) is 9.26 Å². The van der Waals surface area contributed by atoms with Crippen LogP contribution in [-0.2, 0) is 19.5 Å². The number of aryl methyl sites for hydroxylation is 1. The molecule has 0 aliphatic carbocycles. The average Bonchev–Trinajstić information content (AvgIpc) is 3.89. The monoisotopic (exact) mass is 649 g/mol. The van der Waals surface area contributed by atoms with Crippen molar-refractivity contribution >= 4 is 21.6 Å². The molecule has 6 aromatic rings. The van der Waals surface area contributed by atoms with Crippen LogP contribution in [0.25, 0.3) is 32.7 Å². The fraction of sp³-hybridized carbons (Fsp3) is 0.278. The first-order valence-electron chi connectivity index (χ1n) is 15.8. The van der Waals surface area contributed by atoms with E-state index < -0.39 is 5.76 Å². The summed E-state index contributed by atoms with van der Waals surface area (Å²) < 4.78 is 13.3. The molecule has 1 N–H and O–H groups in total. The molecule has 1 atom stereocenters. The lowest BCUT2D eigenvalue weighted by Gasteiger charge is -2.28. The van der Waals surface area contributed by atoms with Crippen LogP contribution in [0.2, 0.25) is 0 Å². The standard InChI is InChI=1S/C36H35N5O5S/c1-3-27-20-30-33(42)40(22-31(39-18-6-7-19-39)25-14-16-26(45-2)17-15-25)36(44)41(34(30)47-27)21-23-10-12-24(13-11-23)28-8-4-5-9-29(28)32-37-35(43)46-38-32/h4-5,8-17,20,31H,3,6-7,18-19,21-22H2,1-2H3,(H,37,38,43). The fourth-order valence-corrected chi connectivity index (χ4v) is 7.55. The molecule has 1 saturated heterocycles. The van der Waals surface area contributed by atoms with E-state index in [0.29, 0.717) is 22.6 Å². The summed E-state index contributed by atoms with van der Waals surface area (Å²) >= 11 is 1.51. The fourth-order valence-electron chi connectivity index (χ4n) is 6.47. The van der Waals surface area contributed by atoms with Crippen LogP contribution in [0.5, 0.6) is 5.75 Å². The van der Waals surface area contributed by atoms with Gasteiger partial charge in [-0.1, -0.05) is 72.7 Å². The Bertz CT molecular complexity index is 2200. The SMILES string of the molecule is CCc1cc2c(=O)n(CC(c3ccc(OC)cc3)N3CCCC3)c(=O)n(Cc3ccc(-c4ccccc4-c4noc(=O)[nH]4)cc3)c2s1. The van der Waals surface area contributed by atoms with Gasteiger partial charge in [-0.2, -0.15) is 0 Å². The molecule has 0 saturated carbocycles. The lowest BCUT2D eigenvalue weighted by molar-refractivity contribution is 0.217. The number of rotatable bonds is 10. The summed E-state index contributed by atoms with van der Waals surface area (Å²) in [4.78, 5) is 46.7. The quantitative estimate of drug-likeness (QED) is 0.203. The van der Waals surface area contributed by atoms with Crippen molar-refractivity contribution in [3.05, 3.63) is 126 Å². The number of hydrogen-bond acceptors (Lipinski definition) is 8. The molecule has 1 aliphatic heterocycles. The molecule has 10 nitrogen and oxygen atoms in total. The lowest BCUT2D eigenvalue weighted by atomic mass is 9.98. The molecule has 0 bridgehead atoms. The minimum atomic E-state index is -0.612. The van der Waals surface area contributed by atoms with Gasteiger partial charge in [-0.3, -0.25) is 28.3 Å². The molecule has 1 unspecified atom stereocenters. The number of likely N-dealkylation sites (tertiary alicyclic amines) is 1. The Labute approximate surface area is 274 Å². The van der Waals surface area contributed by atoms with Crippen molar-refractivity contribution in [3.8, 4) is 28.3 Å². The Morgan fingerprint density at radius 3 is 2.32 bits per heavy atom. The van der Waals surface area contributed by atoms with Gasteiger partial charge >= 0.3 is 11.4 Å². The summed E-state index contributed by atoms with van der Waals surface area (Å²) in [5, 5.41) is 4.44. The van der Waals surface area contributed by atoms with Gasteiger partial charge in [0.1, 0.15) is 10.6 Å². The maximum absolute atomic E-state index is 14.3. The Morgan fingerprint density at radius 1 is 0.936 bits per heavy atom. The summed E-state index contributed by atoms with van der Waals surface area (Å²) in [7, 11) is 1.64. The van der Waals surface area contributed by atoms with Crippen molar-refractivity contribution in [2.45, 2.75) is 45.3 Å². The van der Waals surface area contributed by atoms with E-state index in [9.17, 15) is 14.4 Å². The van der Waals surface area contributed by atoms with E-state index in [1.807, 2.05) is 78.9 Å². The van der Waals surface area contributed by atoms with Crippen molar-refractivity contribution in [1.82, 2.24) is 24.2 Å². The number of thiophene rings is 1. The Kier molecular flexibility index (Phi) is 8.48. The summed E-state index contributed by atoms with van der Waals surface area (Å²) in [5.74, 6) is 0.513. The van der Waals surface area contributed by atoms with Gasteiger partial charge in [0.15, 0.2) is 5.82 Å². The van der Waals surface area contributed by atoms with Crippen LogP contribution in [0.4, 0.5) is 0 Å². The zero-order valence-electron chi connectivity index (χ0n) is 26.3. The van der Waals surface area contributed by atoms with Crippen LogP contribution in [0.15, 0.2) is 97.8 Å². The number of nitrogens with one attached hydrogen (secondary N) is 1. The number of H-pyrrole nitrogens is 1. The Balaban J connectivity index is 1.27. The number of hydrogen-bond donors (Lipinski definition) is 1. The molecular formula is C36H35N5O5S. The minimum absolute atomic E-state index is 0.122. The van der Waals surface area contributed by atoms with Crippen molar-refractivity contribution in [3.63, 3.8) is 0 Å². The number of aromatic amines is 1. The maximum atomic E-state index is 14.3. The predicted molar refractivity (Wildman–Crippen MR) is 183 cm³/mol. The molecular weight excluding hydrogens is 614 g/mol. The van der Waals surface area contributed by atoms with Crippen LogP contribution in [0, 0.1) is 0 Å². The number of ether oxygens (including phenoxy) is 1. The molecule has 1 fully saturated rings. The van der Waals surface area contributed by atoms with Crippen LogP contribution in [-0.4, -0.2) is 44.4 Å². The van der Waals surface area contributed by atoms with E-state index in [0.717, 1.165) is 70.8 Å². The number of nitrogens with zero attached hydrogens (tertiary/aromatic N) is 4. The molecule has 7 rings (SSSR count). The summed E-state index contributed by atoms with van der Waals surface area (Å²) in [6.45, 7) is 4.47. The second-order valence-corrected chi connectivity index (χ2v) is 12.9. The number of benzene rings is 3. The van der Waals surface area contributed by atoms with Crippen molar-refractivity contribution in [1.29, 1.82) is 0 Å². The molecule has 3 aromatic carbocycles. The van der Waals surface area contributed by atoms with Crippen LogP contribution < -0.4 is 21.7 Å². The van der Waals surface area contributed by atoms with E-state index in [1.54, 1.807) is 11.7 Å². The second-order valence-electron chi connectivity index (χ2n) is 11.8. The van der Waals surface area contributed by atoms with E-state index in [1.165, 1.54) is 15.9 Å². The average molecular weight is 650 g/mol. The largest absolute Gasteiger partial charge is 0.497 e. The number of fused-ring (bicyclic) bond motifs is 1. The zero-order chi connectivity index (χ0) is 32.5. The van der Waals surface area contributed by atoms with Crippen molar-refractivity contribution in [2.24, 2.45) is 0 Å². The molecule has 47 heavy (non-hydrogen) atoms. The van der Waals surface area contributed by atoms with Gasteiger partial charge in [0.2, 0.25) is 0 Å². The van der Waals surface area contributed by atoms with Gasteiger partial charge < -0.3 is 4.74 Å². The van der Waals surface area contributed by atoms with Crippen LogP contribution >= 0.6 is 11.3 Å². The second kappa shape index (κ2) is 13.0. The molecule has 3 aromatic heterocycles. The van der Waals surface area contributed by atoms with Gasteiger partial charge in [0, 0.05) is 10.4 Å². The highest BCUT2D eigenvalue weighted by Gasteiger charge is 2.27. The van der Waals surface area contributed by atoms with E-state index in [2.05, 4.69) is 22.0 Å². The van der Waals surface area contributed by atoms with Gasteiger partial charge in [-0.05, 0) is 72.8 Å².